The SMILES string of the molecule is CCC(OC)C(NN)c1cccc(OC(C)C)c1. The second-order valence-corrected chi connectivity index (χ2v) is 4.57. The Bertz CT molecular complexity index is 351. The monoisotopic (exact) mass is 252 g/mol. The number of ether oxygens (including phenoxy) is 2. The Balaban J connectivity index is 2.91. The van der Waals surface area contributed by atoms with E-state index < -0.39 is 0 Å². The molecule has 2 unspecified atom stereocenters. The Hall–Kier alpha value is -1.10. The average molecular weight is 252 g/mol. The molecule has 4 heteroatoms. The van der Waals surface area contributed by atoms with Crippen LogP contribution < -0.4 is 16.0 Å². The summed E-state index contributed by atoms with van der Waals surface area (Å²) in [7, 11) is 1.70. The van der Waals surface area contributed by atoms with Crippen LogP contribution in [0.5, 0.6) is 5.75 Å². The second kappa shape index (κ2) is 7.36. The van der Waals surface area contributed by atoms with Gasteiger partial charge in [0.05, 0.1) is 18.2 Å². The van der Waals surface area contributed by atoms with Gasteiger partial charge in [-0.25, -0.2) is 0 Å². The van der Waals surface area contributed by atoms with Crippen LogP contribution in [0.3, 0.4) is 0 Å². The van der Waals surface area contributed by atoms with Crippen molar-refractivity contribution in [1.29, 1.82) is 0 Å². The van der Waals surface area contributed by atoms with E-state index >= 15 is 0 Å². The summed E-state index contributed by atoms with van der Waals surface area (Å²) < 4.78 is 11.1. The van der Waals surface area contributed by atoms with Crippen molar-refractivity contribution in [2.45, 2.75) is 45.4 Å². The third-order valence-corrected chi connectivity index (χ3v) is 2.85. The molecule has 0 amide bonds. The smallest absolute Gasteiger partial charge is 0.120 e. The Morgan fingerprint density at radius 2 is 2.06 bits per heavy atom. The predicted molar refractivity (Wildman–Crippen MR) is 73.4 cm³/mol. The van der Waals surface area contributed by atoms with Gasteiger partial charge in [-0.3, -0.25) is 11.3 Å². The van der Waals surface area contributed by atoms with Crippen LogP contribution in [0.15, 0.2) is 24.3 Å². The van der Waals surface area contributed by atoms with Gasteiger partial charge >= 0.3 is 0 Å². The Morgan fingerprint density at radius 1 is 1.33 bits per heavy atom. The van der Waals surface area contributed by atoms with E-state index in [9.17, 15) is 0 Å². The molecule has 0 spiro atoms. The van der Waals surface area contributed by atoms with E-state index in [-0.39, 0.29) is 18.2 Å². The fourth-order valence-corrected chi connectivity index (χ4v) is 2.01. The van der Waals surface area contributed by atoms with Gasteiger partial charge < -0.3 is 9.47 Å². The third kappa shape index (κ3) is 3.98. The lowest BCUT2D eigenvalue weighted by Gasteiger charge is -2.25. The maximum atomic E-state index is 5.69. The summed E-state index contributed by atoms with van der Waals surface area (Å²) in [6, 6.07) is 7.92. The molecular weight excluding hydrogens is 228 g/mol. The quantitative estimate of drug-likeness (QED) is 0.578. The van der Waals surface area contributed by atoms with E-state index in [2.05, 4.69) is 12.3 Å². The van der Waals surface area contributed by atoms with Gasteiger partial charge in [-0.05, 0) is 38.0 Å². The minimum absolute atomic E-state index is 0.0317. The van der Waals surface area contributed by atoms with Crippen molar-refractivity contribution < 1.29 is 9.47 Å². The lowest BCUT2D eigenvalue weighted by molar-refractivity contribution is 0.0650. The van der Waals surface area contributed by atoms with Gasteiger partial charge in [0.2, 0.25) is 0 Å². The Morgan fingerprint density at radius 3 is 2.56 bits per heavy atom. The first-order valence-corrected chi connectivity index (χ1v) is 6.37. The van der Waals surface area contributed by atoms with Gasteiger partial charge in [0, 0.05) is 7.11 Å². The highest BCUT2D eigenvalue weighted by molar-refractivity contribution is 5.31. The molecule has 4 nitrogen and oxygen atoms in total. The minimum atomic E-state index is -0.0317. The molecule has 0 saturated carbocycles. The summed E-state index contributed by atoms with van der Waals surface area (Å²) in [5.41, 5.74) is 3.89. The Labute approximate surface area is 109 Å². The molecule has 1 aromatic carbocycles. The number of benzene rings is 1. The fraction of sp³-hybridized carbons (Fsp3) is 0.571. The van der Waals surface area contributed by atoms with Crippen LogP contribution in [-0.2, 0) is 4.74 Å². The fourth-order valence-electron chi connectivity index (χ4n) is 2.01. The molecular formula is C14H24N2O2. The van der Waals surface area contributed by atoms with Crippen molar-refractivity contribution >= 4 is 0 Å². The van der Waals surface area contributed by atoms with Crippen molar-refractivity contribution in [2.24, 2.45) is 5.84 Å². The topological polar surface area (TPSA) is 56.5 Å². The molecule has 0 aliphatic heterocycles. The molecule has 0 aromatic heterocycles. The van der Waals surface area contributed by atoms with Crippen LogP contribution in [0.2, 0.25) is 0 Å². The molecule has 102 valence electrons. The largest absolute Gasteiger partial charge is 0.491 e. The lowest BCUT2D eigenvalue weighted by atomic mass is 10.00. The highest BCUT2D eigenvalue weighted by Gasteiger charge is 2.20. The third-order valence-electron chi connectivity index (χ3n) is 2.85. The maximum Gasteiger partial charge on any atom is 0.120 e. The number of methoxy groups -OCH3 is 1. The van der Waals surface area contributed by atoms with Gasteiger partial charge in [0.1, 0.15) is 5.75 Å². The molecule has 0 saturated heterocycles. The maximum absolute atomic E-state index is 5.69. The van der Waals surface area contributed by atoms with Crippen molar-refractivity contribution in [3.8, 4) is 5.75 Å². The second-order valence-electron chi connectivity index (χ2n) is 4.57. The zero-order valence-corrected chi connectivity index (χ0v) is 11.6. The van der Waals surface area contributed by atoms with E-state index in [4.69, 9.17) is 15.3 Å². The van der Waals surface area contributed by atoms with Gasteiger partial charge in [0.25, 0.3) is 0 Å². The summed E-state index contributed by atoms with van der Waals surface area (Å²) >= 11 is 0. The van der Waals surface area contributed by atoms with Crippen LogP contribution in [0, 0.1) is 0 Å². The first kappa shape index (κ1) is 15.0. The molecule has 0 bridgehead atoms. The molecule has 0 fully saturated rings. The van der Waals surface area contributed by atoms with Gasteiger partial charge in [-0.2, -0.15) is 0 Å². The van der Waals surface area contributed by atoms with E-state index in [1.807, 2.05) is 38.1 Å². The number of nitrogens with one attached hydrogen (secondary N) is 1. The molecule has 1 rings (SSSR count). The molecule has 0 aliphatic rings. The highest BCUT2D eigenvalue weighted by Crippen LogP contribution is 2.24. The minimum Gasteiger partial charge on any atom is -0.491 e. The van der Waals surface area contributed by atoms with Crippen LogP contribution in [0.1, 0.15) is 38.8 Å². The van der Waals surface area contributed by atoms with Gasteiger partial charge in [-0.1, -0.05) is 19.1 Å². The molecule has 3 N–H and O–H groups in total. The lowest BCUT2D eigenvalue weighted by Crippen LogP contribution is -2.37. The summed E-state index contributed by atoms with van der Waals surface area (Å²) in [6.45, 7) is 6.09. The molecule has 18 heavy (non-hydrogen) atoms. The summed E-state index contributed by atoms with van der Waals surface area (Å²) in [4.78, 5) is 0. The van der Waals surface area contributed by atoms with E-state index in [0.29, 0.717) is 0 Å². The number of rotatable bonds is 7. The van der Waals surface area contributed by atoms with Crippen LogP contribution >= 0.6 is 0 Å². The average Bonchev–Trinajstić information content (AvgIpc) is 2.35. The first-order valence-electron chi connectivity index (χ1n) is 6.37. The number of hydrogen-bond acceptors (Lipinski definition) is 4. The van der Waals surface area contributed by atoms with Crippen LogP contribution in [0.25, 0.3) is 0 Å². The number of nitrogens with two attached hydrogens (primary N) is 1. The van der Waals surface area contributed by atoms with Crippen LogP contribution in [0.4, 0.5) is 0 Å². The Kier molecular flexibility index (Phi) is 6.12. The van der Waals surface area contributed by atoms with E-state index in [1.165, 1.54) is 0 Å². The van der Waals surface area contributed by atoms with E-state index in [0.717, 1.165) is 17.7 Å². The van der Waals surface area contributed by atoms with Gasteiger partial charge in [-0.15, -0.1) is 0 Å². The van der Waals surface area contributed by atoms with Crippen molar-refractivity contribution in [3.63, 3.8) is 0 Å². The summed E-state index contributed by atoms with van der Waals surface area (Å²) in [6.07, 6.45) is 1.10. The standard InChI is InChI=1S/C14H24N2O2/c1-5-13(17-4)14(16-15)11-7-6-8-12(9-11)18-10(2)3/h6-10,13-14,16H,5,15H2,1-4H3. The van der Waals surface area contributed by atoms with E-state index in [1.54, 1.807) is 7.11 Å². The first-order chi connectivity index (χ1) is 8.62. The molecule has 0 heterocycles. The molecule has 2 atom stereocenters. The molecule has 0 aliphatic carbocycles. The van der Waals surface area contributed by atoms with Crippen molar-refractivity contribution in [1.82, 2.24) is 5.43 Å². The number of hydrogen-bond donors (Lipinski definition) is 2. The predicted octanol–water partition coefficient (Wildman–Crippen LogP) is 2.40. The number of hydrazine groups is 1. The molecule has 0 radical (unpaired) electrons. The summed E-state index contributed by atoms with van der Waals surface area (Å²) in [5.74, 6) is 6.49. The van der Waals surface area contributed by atoms with Crippen LogP contribution in [-0.4, -0.2) is 19.3 Å². The van der Waals surface area contributed by atoms with Gasteiger partial charge in [0.15, 0.2) is 0 Å². The normalized spacial score (nSPS) is 14.6. The van der Waals surface area contributed by atoms with Crippen molar-refractivity contribution in [2.75, 3.05) is 7.11 Å². The van der Waals surface area contributed by atoms with Crippen molar-refractivity contribution in [3.05, 3.63) is 29.8 Å². The molecule has 1 aromatic rings. The summed E-state index contributed by atoms with van der Waals surface area (Å²) in [5, 5.41) is 0. The highest BCUT2D eigenvalue weighted by atomic mass is 16.5. The zero-order chi connectivity index (χ0) is 13.5. The zero-order valence-electron chi connectivity index (χ0n) is 11.6.